The predicted molar refractivity (Wildman–Crippen MR) is 92.5 cm³/mol. The van der Waals surface area contributed by atoms with Gasteiger partial charge >= 0.3 is 0 Å². The van der Waals surface area contributed by atoms with E-state index in [0.717, 1.165) is 32.2 Å². The van der Waals surface area contributed by atoms with E-state index < -0.39 is 0 Å². The summed E-state index contributed by atoms with van der Waals surface area (Å²) in [4.78, 5) is 7.00. The molecule has 1 heterocycles. The number of hydrogen-bond acceptors (Lipinski definition) is 2. The minimum Gasteiger partial charge on any atom is -0.380 e. The van der Waals surface area contributed by atoms with E-state index in [0.29, 0.717) is 12.0 Å². The number of nitrogens with zero attached hydrogens (tertiary/aromatic N) is 2. The average molecular weight is 383 g/mol. The molecule has 1 saturated heterocycles. The molecule has 0 amide bonds. The Morgan fingerprint density at radius 2 is 1.89 bits per heavy atom. The number of hydrogen-bond donors (Lipinski definition) is 1. The van der Waals surface area contributed by atoms with Crippen molar-refractivity contribution in [1.82, 2.24) is 10.2 Å². The summed E-state index contributed by atoms with van der Waals surface area (Å²) in [6, 6.07) is 0. The first-order valence-corrected chi connectivity index (χ1v) is 7.00. The van der Waals surface area contributed by atoms with E-state index in [1.54, 1.807) is 0 Å². The first-order chi connectivity index (χ1) is 8.36. The molecule has 0 aliphatic carbocycles. The van der Waals surface area contributed by atoms with E-state index in [1.165, 1.54) is 0 Å². The standard InChI is InChI=1S/C14H29N3O.HI/c1-7-15-12(16-9-10-18-8-2)17-11-13(3,4)14(17,5)6;/h7-11H2,1-6H3,(H,15,16);1H. The van der Waals surface area contributed by atoms with Crippen molar-refractivity contribution < 1.29 is 4.74 Å². The van der Waals surface area contributed by atoms with Crippen LogP contribution in [0, 0.1) is 5.41 Å². The quantitative estimate of drug-likeness (QED) is 0.343. The number of ether oxygens (including phenoxy) is 1. The van der Waals surface area contributed by atoms with Gasteiger partial charge in [0.15, 0.2) is 5.96 Å². The Kier molecular flexibility index (Phi) is 7.65. The van der Waals surface area contributed by atoms with Crippen LogP contribution in [0.15, 0.2) is 4.99 Å². The SMILES string of the molecule is CCNC(=NCCOCC)N1CC(C)(C)C1(C)C.I. The molecule has 1 aliphatic rings. The normalized spacial score (nSPS) is 20.5. The van der Waals surface area contributed by atoms with Gasteiger partial charge in [-0.05, 0) is 27.7 Å². The Hall–Kier alpha value is -0.0400. The molecule has 0 unspecified atom stereocenters. The second-order valence-corrected chi connectivity index (χ2v) is 5.96. The topological polar surface area (TPSA) is 36.9 Å². The summed E-state index contributed by atoms with van der Waals surface area (Å²) in [6.07, 6.45) is 0. The second kappa shape index (κ2) is 7.67. The van der Waals surface area contributed by atoms with Crippen molar-refractivity contribution in [3.05, 3.63) is 0 Å². The largest absolute Gasteiger partial charge is 0.380 e. The molecule has 0 bridgehead atoms. The summed E-state index contributed by atoms with van der Waals surface area (Å²) in [5.74, 6) is 1.02. The van der Waals surface area contributed by atoms with Crippen LogP contribution < -0.4 is 5.32 Å². The molecule has 4 nitrogen and oxygen atoms in total. The molecule has 1 rings (SSSR count). The summed E-state index contributed by atoms with van der Waals surface area (Å²) >= 11 is 0. The molecule has 5 heteroatoms. The maximum atomic E-state index is 5.33. The van der Waals surface area contributed by atoms with E-state index in [1.807, 2.05) is 6.92 Å². The van der Waals surface area contributed by atoms with Gasteiger partial charge in [0.25, 0.3) is 0 Å². The van der Waals surface area contributed by atoms with Gasteiger partial charge in [-0.1, -0.05) is 13.8 Å². The summed E-state index contributed by atoms with van der Waals surface area (Å²) in [7, 11) is 0. The van der Waals surface area contributed by atoms with Crippen molar-refractivity contribution in [2.45, 2.75) is 47.1 Å². The summed E-state index contributed by atoms with van der Waals surface area (Å²) in [5.41, 5.74) is 0.489. The minimum atomic E-state index is 0. The Balaban J connectivity index is 0.00000324. The van der Waals surface area contributed by atoms with Crippen LogP contribution in [0.1, 0.15) is 41.5 Å². The van der Waals surface area contributed by atoms with Crippen molar-refractivity contribution in [3.63, 3.8) is 0 Å². The van der Waals surface area contributed by atoms with Crippen LogP contribution in [0.25, 0.3) is 0 Å². The van der Waals surface area contributed by atoms with Crippen LogP contribution in [0.2, 0.25) is 0 Å². The Morgan fingerprint density at radius 3 is 2.32 bits per heavy atom. The number of likely N-dealkylation sites (tertiary alicyclic amines) is 1. The van der Waals surface area contributed by atoms with Crippen LogP contribution in [-0.4, -0.2) is 49.2 Å². The lowest BCUT2D eigenvalue weighted by Crippen LogP contribution is -2.72. The van der Waals surface area contributed by atoms with E-state index in [4.69, 9.17) is 4.74 Å². The second-order valence-electron chi connectivity index (χ2n) is 5.96. The zero-order valence-corrected chi connectivity index (χ0v) is 15.6. The maximum absolute atomic E-state index is 5.33. The van der Waals surface area contributed by atoms with Gasteiger partial charge in [0.2, 0.25) is 0 Å². The first-order valence-electron chi connectivity index (χ1n) is 7.00. The fraction of sp³-hybridized carbons (Fsp3) is 0.929. The van der Waals surface area contributed by atoms with Crippen molar-refractivity contribution in [1.29, 1.82) is 0 Å². The summed E-state index contributed by atoms with van der Waals surface area (Å²) in [6.45, 7) is 17.5. The third-order valence-electron chi connectivity index (χ3n) is 4.18. The van der Waals surface area contributed by atoms with Gasteiger partial charge in [-0.15, -0.1) is 24.0 Å². The van der Waals surface area contributed by atoms with Gasteiger partial charge in [-0.25, -0.2) is 0 Å². The third-order valence-corrected chi connectivity index (χ3v) is 4.18. The van der Waals surface area contributed by atoms with Crippen LogP contribution >= 0.6 is 24.0 Å². The van der Waals surface area contributed by atoms with Gasteiger partial charge in [0.05, 0.1) is 13.2 Å². The molecule has 0 spiro atoms. The summed E-state index contributed by atoms with van der Waals surface area (Å²) in [5, 5.41) is 3.38. The molecule has 1 aliphatic heterocycles. The first kappa shape index (κ1) is 19.0. The molecule has 0 aromatic rings. The molecule has 0 aromatic heterocycles. The van der Waals surface area contributed by atoms with Crippen LogP contribution in [0.4, 0.5) is 0 Å². The van der Waals surface area contributed by atoms with Gasteiger partial charge in [0.1, 0.15) is 0 Å². The van der Waals surface area contributed by atoms with Crippen molar-refractivity contribution in [2.24, 2.45) is 10.4 Å². The highest BCUT2D eigenvalue weighted by Crippen LogP contribution is 2.46. The Morgan fingerprint density at radius 1 is 1.26 bits per heavy atom. The monoisotopic (exact) mass is 383 g/mol. The van der Waals surface area contributed by atoms with Crippen molar-refractivity contribution in [3.8, 4) is 0 Å². The highest BCUT2D eigenvalue weighted by atomic mass is 127. The number of aliphatic imine (C=N–C) groups is 1. The van der Waals surface area contributed by atoms with Gasteiger partial charge in [0, 0.05) is 30.7 Å². The highest BCUT2D eigenvalue weighted by molar-refractivity contribution is 14.0. The van der Waals surface area contributed by atoms with Crippen molar-refractivity contribution >= 4 is 29.9 Å². The molecular formula is C14H30IN3O. The Labute approximate surface area is 135 Å². The van der Waals surface area contributed by atoms with Crippen molar-refractivity contribution in [2.75, 3.05) is 32.8 Å². The Bertz CT molecular complexity index is 303. The number of halogens is 1. The lowest BCUT2D eigenvalue weighted by atomic mass is 9.65. The minimum absolute atomic E-state index is 0. The van der Waals surface area contributed by atoms with E-state index in [9.17, 15) is 0 Å². The smallest absolute Gasteiger partial charge is 0.194 e. The van der Waals surface area contributed by atoms with Crippen LogP contribution in [-0.2, 0) is 4.74 Å². The van der Waals surface area contributed by atoms with E-state index >= 15 is 0 Å². The molecular weight excluding hydrogens is 353 g/mol. The molecule has 1 fully saturated rings. The maximum Gasteiger partial charge on any atom is 0.194 e. The predicted octanol–water partition coefficient (Wildman–Crippen LogP) is 2.73. The number of nitrogens with one attached hydrogen (secondary N) is 1. The van der Waals surface area contributed by atoms with E-state index in [2.05, 4.69) is 49.8 Å². The number of rotatable bonds is 5. The number of guanidine groups is 1. The average Bonchev–Trinajstić information content (AvgIpc) is 2.30. The molecule has 1 N–H and O–H groups in total. The summed E-state index contributed by atoms with van der Waals surface area (Å²) < 4.78 is 5.33. The third kappa shape index (κ3) is 4.21. The highest BCUT2D eigenvalue weighted by Gasteiger charge is 2.53. The van der Waals surface area contributed by atoms with Gasteiger partial charge in [-0.3, -0.25) is 4.99 Å². The molecule has 114 valence electrons. The molecule has 0 saturated carbocycles. The lowest BCUT2D eigenvalue weighted by Gasteiger charge is -2.62. The lowest BCUT2D eigenvalue weighted by molar-refractivity contribution is -0.0668. The fourth-order valence-electron chi connectivity index (χ4n) is 2.16. The zero-order valence-electron chi connectivity index (χ0n) is 13.2. The van der Waals surface area contributed by atoms with Gasteiger partial charge in [-0.2, -0.15) is 0 Å². The fourth-order valence-corrected chi connectivity index (χ4v) is 2.16. The molecule has 0 radical (unpaired) electrons. The molecule has 19 heavy (non-hydrogen) atoms. The molecule has 0 atom stereocenters. The zero-order chi connectivity index (χ0) is 13.8. The van der Waals surface area contributed by atoms with Crippen LogP contribution in [0.5, 0.6) is 0 Å². The van der Waals surface area contributed by atoms with Crippen LogP contribution in [0.3, 0.4) is 0 Å². The van der Waals surface area contributed by atoms with Gasteiger partial charge < -0.3 is 15.0 Å². The van der Waals surface area contributed by atoms with E-state index in [-0.39, 0.29) is 29.5 Å². The molecule has 0 aromatic carbocycles.